The molecule has 10 heavy (non-hydrogen) atoms. The summed E-state index contributed by atoms with van der Waals surface area (Å²) in [5.41, 5.74) is 5.83. The highest BCUT2D eigenvalue weighted by Crippen LogP contribution is 2.04. The van der Waals surface area contributed by atoms with Crippen LogP contribution in [0.2, 0.25) is 0 Å². The molecule has 0 spiro atoms. The van der Waals surface area contributed by atoms with Crippen LogP contribution in [0.1, 0.15) is 13.3 Å². The van der Waals surface area contributed by atoms with Crippen LogP contribution < -0.4 is 11.1 Å². The van der Waals surface area contributed by atoms with Crippen molar-refractivity contribution in [2.75, 3.05) is 20.1 Å². The van der Waals surface area contributed by atoms with Crippen LogP contribution in [0, 0.1) is 0 Å². The lowest BCUT2D eigenvalue weighted by Crippen LogP contribution is -2.46. The zero-order valence-electron chi connectivity index (χ0n) is 6.80. The summed E-state index contributed by atoms with van der Waals surface area (Å²) in [5.74, 6) is 0. The van der Waals surface area contributed by atoms with Gasteiger partial charge in [-0.25, -0.2) is 0 Å². The van der Waals surface area contributed by atoms with Gasteiger partial charge in [0, 0.05) is 12.6 Å². The number of rotatable bonds is 0. The van der Waals surface area contributed by atoms with Crippen molar-refractivity contribution < 1.29 is 0 Å². The van der Waals surface area contributed by atoms with E-state index in [9.17, 15) is 0 Å². The van der Waals surface area contributed by atoms with Crippen molar-refractivity contribution in [3.63, 3.8) is 0 Å². The van der Waals surface area contributed by atoms with Gasteiger partial charge in [0.2, 0.25) is 0 Å². The molecular formula is C7H17N3. The Bertz CT molecular complexity index is 93.0. The second-order valence-electron chi connectivity index (χ2n) is 3.07. The van der Waals surface area contributed by atoms with Crippen molar-refractivity contribution in [3.8, 4) is 0 Å². The molecule has 0 amide bonds. The third-order valence-electron chi connectivity index (χ3n) is 2.31. The Morgan fingerprint density at radius 2 is 2.30 bits per heavy atom. The smallest absolute Gasteiger partial charge is 0.0700 e. The highest BCUT2D eigenvalue weighted by Gasteiger charge is 2.18. The second kappa shape index (κ2) is 3.32. The minimum Gasteiger partial charge on any atom is -0.315 e. The first kappa shape index (κ1) is 7.98. The molecular weight excluding hydrogens is 126 g/mol. The van der Waals surface area contributed by atoms with E-state index in [4.69, 9.17) is 5.73 Å². The van der Waals surface area contributed by atoms with Crippen molar-refractivity contribution in [1.29, 1.82) is 0 Å². The maximum atomic E-state index is 5.83. The zero-order chi connectivity index (χ0) is 7.56. The summed E-state index contributed by atoms with van der Waals surface area (Å²) in [4.78, 5) is 2.22. The van der Waals surface area contributed by atoms with E-state index in [2.05, 4.69) is 24.2 Å². The van der Waals surface area contributed by atoms with Crippen molar-refractivity contribution in [3.05, 3.63) is 0 Å². The van der Waals surface area contributed by atoms with Gasteiger partial charge < -0.3 is 11.1 Å². The molecule has 2 atom stereocenters. The molecule has 1 fully saturated rings. The van der Waals surface area contributed by atoms with Crippen LogP contribution in [0.4, 0.5) is 0 Å². The number of nitrogens with one attached hydrogen (secondary N) is 1. The van der Waals surface area contributed by atoms with Gasteiger partial charge in [-0.15, -0.1) is 0 Å². The predicted octanol–water partition coefficient (Wildman–Crippen LogP) is -0.415. The molecule has 0 aromatic rings. The highest BCUT2D eigenvalue weighted by atomic mass is 15.2. The molecule has 2 unspecified atom stereocenters. The Labute approximate surface area is 62.6 Å². The van der Waals surface area contributed by atoms with Crippen LogP contribution in [0.25, 0.3) is 0 Å². The molecule has 3 N–H and O–H groups in total. The van der Waals surface area contributed by atoms with Crippen LogP contribution in [-0.4, -0.2) is 37.2 Å². The topological polar surface area (TPSA) is 41.3 Å². The largest absolute Gasteiger partial charge is 0.315 e. The molecule has 1 saturated heterocycles. The Morgan fingerprint density at radius 1 is 1.60 bits per heavy atom. The Hall–Kier alpha value is -0.120. The van der Waals surface area contributed by atoms with Crippen LogP contribution in [0.3, 0.4) is 0 Å². The average Bonchev–Trinajstić information content (AvgIpc) is 2.04. The van der Waals surface area contributed by atoms with Crippen LogP contribution in [0.5, 0.6) is 0 Å². The van der Waals surface area contributed by atoms with Crippen molar-refractivity contribution in [1.82, 2.24) is 10.2 Å². The summed E-state index contributed by atoms with van der Waals surface area (Å²) in [6.45, 7) is 4.23. The van der Waals surface area contributed by atoms with E-state index in [1.807, 2.05) is 0 Å². The fraction of sp³-hybridized carbons (Fsp3) is 1.00. The predicted molar refractivity (Wildman–Crippen MR) is 42.7 cm³/mol. The molecule has 0 bridgehead atoms. The van der Waals surface area contributed by atoms with E-state index in [1.165, 1.54) is 6.42 Å². The Morgan fingerprint density at radius 3 is 3.00 bits per heavy atom. The van der Waals surface area contributed by atoms with E-state index >= 15 is 0 Å². The quantitative estimate of drug-likeness (QED) is 0.484. The van der Waals surface area contributed by atoms with E-state index in [0.717, 1.165) is 13.1 Å². The summed E-state index contributed by atoms with van der Waals surface area (Å²) in [6, 6.07) is 0.616. The second-order valence-corrected chi connectivity index (χ2v) is 3.07. The number of hydrogen-bond acceptors (Lipinski definition) is 3. The number of nitrogens with zero attached hydrogens (tertiary/aromatic N) is 1. The van der Waals surface area contributed by atoms with Crippen LogP contribution in [-0.2, 0) is 0 Å². The molecule has 0 aromatic carbocycles. The first-order chi connectivity index (χ1) is 4.72. The lowest BCUT2D eigenvalue weighted by atomic mass is 10.2. The van der Waals surface area contributed by atoms with Gasteiger partial charge in [0.05, 0.1) is 6.17 Å². The minimum absolute atomic E-state index is 0.192. The van der Waals surface area contributed by atoms with Crippen LogP contribution >= 0.6 is 0 Å². The van der Waals surface area contributed by atoms with Gasteiger partial charge in [0.1, 0.15) is 0 Å². The van der Waals surface area contributed by atoms with Crippen LogP contribution in [0.15, 0.2) is 0 Å². The Balaban J connectivity index is 2.46. The summed E-state index contributed by atoms with van der Waals surface area (Å²) < 4.78 is 0. The third kappa shape index (κ3) is 1.68. The summed E-state index contributed by atoms with van der Waals surface area (Å²) in [7, 11) is 2.09. The van der Waals surface area contributed by atoms with Gasteiger partial charge in [-0.2, -0.15) is 0 Å². The average molecular weight is 143 g/mol. The molecule has 0 saturated carbocycles. The summed E-state index contributed by atoms with van der Waals surface area (Å²) in [5, 5.41) is 3.29. The van der Waals surface area contributed by atoms with Crippen molar-refractivity contribution >= 4 is 0 Å². The Kier molecular flexibility index (Phi) is 2.65. The number of hydrogen-bond donors (Lipinski definition) is 2. The molecule has 3 heteroatoms. The van der Waals surface area contributed by atoms with E-state index in [1.54, 1.807) is 0 Å². The number of nitrogens with two attached hydrogens (primary N) is 1. The molecule has 1 aliphatic heterocycles. The molecule has 1 aliphatic rings. The molecule has 1 heterocycles. The molecule has 0 aliphatic carbocycles. The first-order valence-electron chi connectivity index (χ1n) is 3.90. The third-order valence-corrected chi connectivity index (χ3v) is 2.31. The maximum Gasteiger partial charge on any atom is 0.0700 e. The van der Waals surface area contributed by atoms with Gasteiger partial charge in [-0.05, 0) is 26.9 Å². The normalized spacial score (nSPS) is 37.5. The minimum atomic E-state index is 0.192. The van der Waals surface area contributed by atoms with Gasteiger partial charge in [0.25, 0.3) is 0 Å². The maximum absolute atomic E-state index is 5.83. The van der Waals surface area contributed by atoms with Gasteiger partial charge in [0.15, 0.2) is 0 Å². The highest BCUT2D eigenvalue weighted by molar-refractivity contribution is 4.75. The van der Waals surface area contributed by atoms with E-state index in [-0.39, 0.29) is 6.17 Å². The lowest BCUT2D eigenvalue weighted by molar-refractivity contribution is 0.199. The molecule has 0 aromatic heterocycles. The monoisotopic (exact) mass is 143 g/mol. The summed E-state index contributed by atoms with van der Waals surface area (Å²) >= 11 is 0. The molecule has 1 rings (SSSR count). The first-order valence-corrected chi connectivity index (χ1v) is 3.90. The SMILES string of the molecule is CC1CCNCC(N)N1C. The van der Waals surface area contributed by atoms with E-state index in [0.29, 0.717) is 6.04 Å². The standard InChI is InChI=1S/C7H17N3/c1-6-3-4-9-5-7(8)10(6)2/h6-7,9H,3-5,8H2,1-2H3. The lowest BCUT2D eigenvalue weighted by Gasteiger charge is -2.26. The zero-order valence-corrected chi connectivity index (χ0v) is 6.80. The van der Waals surface area contributed by atoms with Gasteiger partial charge in [-0.3, -0.25) is 4.90 Å². The fourth-order valence-electron chi connectivity index (χ4n) is 1.24. The molecule has 0 radical (unpaired) electrons. The summed E-state index contributed by atoms with van der Waals surface area (Å²) in [6.07, 6.45) is 1.39. The molecule has 60 valence electrons. The van der Waals surface area contributed by atoms with Crippen molar-refractivity contribution in [2.24, 2.45) is 5.73 Å². The van der Waals surface area contributed by atoms with Crippen molar-refractivity contribution in [2.45, 2.75) is 25.6 Å². The van der Waals surface area contributed by atoms with Gasteiger partial charge in [-0.1, -0.05) is 0 Å². The number of likely N-dealkylation sites (N-methyl/N-ethyl adjacent to an activating group) is 1. The molecule has 3 nitrogen and oxygen atoms in total. The van der Waals surface area contributed by atoms with E-state index < -0.39 is 0 Å². The fourth-order valence-corrected chi connectivity index (χ4v) is 1.24. The van der Waals surface area contributed by atoms with Gasteiger partial charge >= 0.3 is 0 Å².